The smallest absolute Gasteiger partial charge is 0.225 e. The van der Waals surface area contributed by atoms with E-state index in [1.54, 1.807) is 4.68 Å². The van der Waals surface area contributed by atoms with Gasteiger partial charge in [0.2, 0.25) is 5.91 Å². The summed E-state index contributed by atoms with van der Waals surface area (Å²) in [6, 6.07) is 17.4. The first-order chi connectivity index (χ1) is 13.6. The summed E-state index contributed by atoms with van der Waals surface area (Å²) in [6.07, 6.45) is 3.84. The molecule has 2 aromatic carbocycles. The summed E-state index contributed by atoms with van der Waals surface area (Å²) in [7, 11) is 1.89. The molecule has 1 amide bonds. The molecule has 4 rings (SSSR count). The van der Waals surface area contributed by atoms with E-state index in [9.17, 15) is 4.79 Å². The van der Waals surface area contributed by atoms with E-state index in [4.69, 9.17) is 11.6 Å². The number of hydrogen-bond donors (Lipinski definition) is 2. The molecule has 3 atom stereocenters. The molecule has 3 aromatic rings. The maximum absolute atomic E-state index is 13.3. The Bertz CT molecular complexity index is 956. The Morgan fingerprint density at radius 1 is 1.18 bits per heavy atom. The summed E-state index contributed by atoms with van der Waals surface area (Å²) in [5.74, 6) is 0.00626. The van der Waals surface area contributed by atoms with Crippen LogP contribution in [0.5, 0.6) is 0 Å². The lowest BCUT2D eigenvalue weighted by molar-refractivity contribution is -0.125. The first-order valence-electron chi connectivity index (χ1n) is 9.42. The molecule has 6 heteroatoms. The maximum Gasteiger partial charge on any atom is 0.225 e. The normalized spacial score (nSPS) is 20.1. The van der Waals surface area contributed by atoms with Crippen molar-refractivity contribution in [1.29, 1.82) is 0 Å². The Balaban J connectivity index is 1.60. The number of aryl methyl sites for hydroxylation is 1. The van der Waals surface area contributed by atoms with Gasteiger partial charge in [-0.25, -0.2) is 0 Å². The van der Waals surface area contributed by atoms with Crippen molar-refractivity contribution in [3.63, 3.8) is 0 Å². The van der Waals surface area contributed by atoms with Crippen molar-refractivity contribution in [2.24, 2.45) is 13.0 Å². The van der Waals surface area contributed by atoms with Gasteiger partial charge in [-0.3, -0.25) is 9.48 Å². The first-order valence-corrected chi connectivity index (χ1v) is 9.79. The van der Waals surface area contributed by atoms with Gasteiger partial charge >= 0.3 is 0 Å². The van der Waals surface area contributed by atoms with Gasteiger partial charge in [0.1, 0.15) is 0 Å². The molecule has 1 saturated heterocycles. The standard InChI is InChI=1S/C22H23ClN4O/c1-27-14-17(11-25-27)19-12-24-13-20(19)22(28)26-21(15-6-3-2-4-7-15)16-8-5-9-18(23)10-16/h2-11,14,19-21,24H,12-13H2,1H3,(H,26,28)/t19-,20+,21?/m1/s1. The monoisotopic (exact) mass is 394 g/mol. The Labute approximate surface area is 169 Å². The van der Waals surface area contributed by atoms with Crippen LogP contribution in [-0.4, -0.2) is 28.8 Å². The number of nitrogens with zero attached hydrogens (tertiary/aromatic N) is 2. The van der Waals surface area contributed by atoms with E-state index >= 15 is 0 Å². The van der Waals surface area contributed by atoms with E-state index in [1.165, 1.54) is 0 Å². The first kappa shape index (κ1) is 18.7. The summed E-state index contributed by atoms with van der Waals surface area (Å²) in [5, 5.41) is 11.5. The van der Waals surface area contributed by atoms with Crippen molar-refractivity contribution in [3.8, 4) is 0 Å². The molecular formula is C22H23ClN4O. The zero-order valence-corrected chi connectivity index (χ0v) is 16.4. The predicted octanol–water partition coefficient (Wildman–Crippen LogP) is 3.28. The zero-order chi connectivity index (χ0) is 19.5. The topological polar surface area (TPSA) is 59.0 Å². The number of aromatic nitrogens is 2. The van der Waals surface area contributed by atoms with Crippen molar-refractivity contribution in [2.45, 2.75) is 12.0 Å². The lowest BCUT2D eigenvalue weighted by atomic mass is 9.89. The highest BCUT2D eigenvalue weighted by Gasteiger charge is 2.35. The number of carbonyl (C=O) groups is 1. The fourth-order valence-corrected chi connectivity index (χ4v) is 4.07. The van der Waals surface area contributed by atoms with E-state index in [0.29, 0.717) is 11.6 Å². The zero-order valence-electron chi connectivity index (χ0n) is 15.7. The second kappa shape index (κ2) is 8.17. The molecule has 1 aromatic heterocycles. The van der Waals surface area contributed by atoms with Gasteiger partial charge in [-0.05, 0) is 28.8 Å². The van der Waals surface area contributed by atoms with Crippen LogP contribution in [0.1, 0.15) is 28.7 Å². The molecule has 1 fully saturated rings. The van der Waals surface area contributed by atoms with Crippen molar-refractivity contribution >= 4 is 17.5 Å². The molecule has 1 unspecified atom stereocenters. The van der Waals surface area contributed by atoms with Crippen LogP contribution in [0.2, 0.25) is 5.02 Å². The largest absolute Gasteiger partial charge is 0.345 e. The van der Waals surface area contributed by atoms with Gasteiger partial charge in [0.05, 0.1) is 18.2 Å². The molecule has 0 bridgehead atoms. The molecule has 0 saturated carbocycles. The molecule has 1 aliphatic heterocycles. The average Bonchev–Trinajstić information content (AvgIpc) is 3.35. The van der Waals surface area contributed by atoms with Crippen molar-refractivity contribution < 1.29 is 4.79 Å². The van der Waals surface area contributed by atoms with Crippen LogP contribution in [0.25, 0.3) is 0 Å². The summed E-state index contributed by atoms with van der Waals surface area (Å²) < 4.78 is 1.78. The number of amides is 1. The molecule has 28 heavy (non-hydrogen) atoms. The quantitative estimate of drug-likeness (QED) is 0.698. The van der Waals surface area contributed by atoms with Gasteiger partial charge in [-0.2, -0.15) is 5.10 Å². The third-order valence-electron chi connectivity index (χ3n) is 5.31. The molecule has 2 heterocycles. The predicted molar refractivity (Wildman–Crippen MR) is 110 cm³/mol. The second-order valence-electron chi connectivity index (χ2n) is 7.23. The van der Waals surface area contributed by atoms with Gasteiger partial charge in [-0.1, -0.05) is 54.1 Å². The number of benzene rings is 2. The van der Waals surface area contributed by atoms with Crippen molar-refractivity contribution in [3.05, 3.63) is 88.7 Å². The van der Waals surface area contributed by atoms with Gasteiger partial charge in [0.15, 0.2) is 0 Å². The van der Waals surface area contributed by atoms with E-state index in [-0.39, 0.29) is 23.8 Å². The minimum atomic E-state index is -0.248. The number of carbonyl (C=O) groups excluding carboxylic acids is 1. The molecule has 0 radical (unpaired) electrons. The van der Waals surface area contributed by atoms with Crippen molar-refractivity contribution in [1.82, 2.24) is 20.4 Å². The SMILES string of the molecule is Cn1cc([C@H]2CNC[C@@H]2C(=O)NC(c2ccccc2)c2cccc(Cl)c2)cn1. The maximum atomic E-state index is 13.3. The molecule has 0 spiro atoms. The summed E-state index contributed by atoms with van der Waals surface area (Å²) in [5.41, 5.74) is 3.09. The minimum Gasteiger partial charge on any atom is -0.345 e. The fourth-order valence-electron chi connectivity index (χ4n) is 3.88. The van der Waals surface area contributed by atoms with Gasteiger partial charge in [0.25, 0.3) is 0 Å². The Kier molecular flexibility index (Phi) is 5.46. The lowest BCUT2D eigenvalue weighted by Crippen LogP contribution is -2.37. The lowest BCUT2D eigenvalue weighted by Gasteiger charge is -2.24. The van der Waals surface area contributed by atoms with Gasteiger partial charge in [0, 0.05) is 37.3 Å². The number of rotatable bonds is 5. The highest BCUT2D eigenvalue weighted by atomic mass is 35.5. The summed E-state index contributed by atoms with van der Waals surface area (Å²) in [6.45, 7) is 1.43. The van der Waals surface area contributed by atoms with E-state index in [1.807, 2.05) is 74.0 Å². The van der Waals surface area contributed by atoms with E-state index in [2.05, 4.69) is 15.7 Å². The Hall–Kier alpha value is -2.63. The van der Waals surface area contributed by atoms with Gasteiger partial charge in [-0.15, -0.1) is 0 Å². The molecule has 5 nitrogen and oxygen atoms in total. The number of nitrogens with one attached hydrogen (secondary N) is 2. The van der Waals surface area contributed by atoms with Crippen LogP contribution >= 0.6 is 11.6 Å². The fraction of sp³-hybridized carbons (Fsp3) is 0.273. The highest BCUT2D eigenvalue weighted by Crippen LogP contribution is 2.30. The Morgan fingerprint density at radius 3 is 2.68 bits per heavy atom. The number of hydrogen-bond acceptors (Lipinski definition) is 3. The van der Waals surface area contributed by atoms with E-state index in [0.717, 1.165) is 23.2 Å². The summed E-state index contributed by atoms with van der Waals surface area (Å²) in [4.78, 5) is 13.3. The minimum absolute atomic E-state index is 0.0349. The van der Waals surface area contributed by atoms with Gasteiger partial charge < -0.3 is 10.6 Å². The summed E-state index contributed by atoms with van der Waals surface area (Å²) >= 11 is 6.21. The van der Waals surface area contributed by atoms with Crippen LogP contribution < -0.4 is 10.6 Å². The molecule has 2 N–H and O–H groups in total. The third-order valence-corrected chi connectivity index (χ3v) is 5.54. The average molecular weight is 395 g/mol. The number of halogens is 1. The van der Waals surface area contributed by atoms with Crippen LogP contribution in [-0.2, 0) is 11.8 Å². The van der Waals surface area contributed by atoms with Crippen molar-refractivity contribution in [2.75, 3.05) is 13.1 Å². The second-order valence-corrected chi connectivity index (χ2v) is 7.66. The Morgan fingerprint density at radius 2 is 1.96 bits per heavy atom. The van der Waals surface area contributed by atoms with Crippen LogP contribution in [0.15, 0.2) is 67.0 Å². The molecule has 1 aliphatic rings. The molecular weight excluding hydrogens is 372 g/mol. The van der Waals surface area contributed by atoms with Crippen LogP contribution in [0, 0.1) is 5.92 Å². The molecule has 0 aliphatic carbocycles. The highest BCUT2D eigenvalue weighted by molar-refractivity contribution is 6.30. The third kappa shape index (κ3) is 3.96. The van der Waals surface area contributed by atoms with E-state index < -0.39 is 0 Å². The van der Waals surface area contributed by atoms with Crippen LogP contribution in [0.4, 0.5) is 0 Å². The molecule has 144 valence electrons. The van der Waals surface area contributed by atoms with Crippen LogP contribution in [0.3, 0.4) is 0 Å².